The van der Waals surface area contributed by atoms with E-state index >= 15 is 0 Å². The van der Waals surface area contributed by atoms with Gasteiger partial charge in [-0.25, -0.2) is 0 Å². The van der Waals surface area contributed by atoms with Crippen molar-refractivity contribution in [1.82, 2.24) is 10.3 Å². The van der Waals surface area contributed by atoms with E-state index in [1.165, 1.54) is 37.9 Å². The SMILES string of the molecule is CCNCc1cc(N2CCCCCC2C)ccn1. The lowest BCUT2D eigenvalue weighted by Gasteiger charge is -2.29. The van der Waals surface area contributed by atoms with E-state index in [-0.39, 0.29) is 0 Å². The first-order valence-electron chi connectivity index (χ1n) is 7.23. The molecular weight excluding hydrogens is 222 g/mol. The van der Waals surface area contributed by atoms with Gasteiger partial charge in [-0.3, -0.25) is 4.98 Å². The van der Waals surface area contributed by atoms with Crippen LogP contribution in [-0.2, 0) is 6.54 Å². The molecule has 1 aliphatic rings. The number of rotatable bonds is 4. The van der Waals surface area contributed by atoms with Crippen molar-refractivity contribution in [3.63, 3.8) is 0 Å². The highest BCUT2D eigenvalue weighted by molar-refractivity contribution is 5.47. The largest absolute Gasteiger partial charge is 0.369 e. The molecule has 2 rings (SSSR count). The van der Waals surface area contributed by atoms with Crippen molar-refractivity contribution in [2.24, 2.45) is 0 Å². The molecule has 3 heteroatoms. The lowest BCUT2D eigenvalue weighted by molar-refractivity contribution is 0.615. The van der Waals surface area contributed by atoms with Gasteiger partial charge in [0.15, 0.2) is 0 Å². The molecule has 1 aliphatic heterocycles. The summed E-state index contributed by atoms with van der Waals surface area (Å²) < 4.78 is 0. The Bertz CT molecular complexity index is 365. The van der Waals surface area contributed by atoms with Gasteiger partial charge in [-0.2, -0.15) is 0 Å². The molecular formula is C15H25N3. The van der Waals surface area contributed by atoms with Gasteiger partial charge >= 0.3 is 0 Å². The number of nitrogens with one attached hydrogen (secondary N) is 1. The summed E-state index contributed by atoms with van der Waals surface area (Å²) in [5, 5.41) is 3.34. The summed E-state index contributed by atoms with van der Waals surface area (Å²) in [5.41, 5.74) is 2.48. The van der Waals surface area contributed by atoms with Crippen molar-refractivity contribution in [1.29, 1.82) is 0 Å². The highest BCUT2D eigenvalue weighted by atomic mass is 15.2. The highest BCUT2D eigenvalue weighted by Crippen LogP contribution is 2.24. The van der Waals surface area contributed by atoms with E-state index in [4.69, 9.17) is 0 Å². The maximum Gasteiger partial charge on any atom is 0.0562 e. The second kappa shape index (κ2) is 6.74. The summed E-state index contributed by atoms with van der Waals surface area (Å²) in [5.74, 6) is 0. The van der Waals surface area contributed by atoms with Gasteiger partial charge in [-0.05, 0) is 38.4 Å². The zero-order valence-corrected chi connectivity index (χ0v) is 11.7. The van der Waals surface area contributed by atoms with Crippen molar-refractivity contribution in [2.75, 3.05) is 18.0 Å². The summed E-state index contributed by atoms with van der Waals surface area (Å²) in [6.07, 6.45) is 7.31. The Kier molecular flexibility index (Phi) is 5.00. The normalized spacial score (nSPS) is 20.8. The Morgan fingerprint density at radius 1 is 1.39 bits per heavy atom. The standard InChI is InChI=1S/C15H25N3/c1-3-16-12-14-11-15(8-9-17-14)18-10-6-4-5-7-13(18)2/h8-9,11,13,16H,3-7,10,12H2,1-2H3. The van der Waals surface area contributed by atoms with Crippen LogP contribution >= 0.6 is 0 Å². The van der Waals surface area contributed by atoms with Gasteiger partial charge in [0.1, 0.15) is 0 Å². The smallest absolute Gasteiger partial charge is 0.0562 e. The van der Waals surface area contributed by atoms with E-state index in [9.17, 15) is 0 Å². The topological polar surface area (TPSA) is 28.2 Å². The van der Waals surface area contributed by atoms with Gasteiger partial charge in [0.25, 0.3) is 0 Å². The van der Waals surface area contributed by atoms with Gasteiger partial charge in [0, 0.05) is 31.0 Å². The van der Waals surface area contributed by atoms with Crippen LogP contribution in [0.2, 0.25) is 0 Å². The molecule has 0 amide bonds. The molecule has 0 aromatic carbocycles. The van der Waals surface area contributed by atoms with Crippen LogP contribution in [0.4, 0.5) is 5.69 Å². The molecule has 1 unspecified atom stereocenters. The first-order chi connectivity index (χ1) is 8.81. The summed E-state index contributed by atoms with van der Waals surface area (Å²) in [6, 6.07) is 5.05. The van der Waals surface area contributed by atoms with E-state index in [0.29, 0.717) is 6.04 Å². The fourth-order valence-electron chi connectivity index (χ4n) is 2.65. The highest BCUT2D eigenvalue weighted by Gasteiger charge is 2.17. The molecule has 1 fully saturated rings. The molecule has 100 valence electrons. The minimum Gasteiger partial charge on any atom is -0.369 e. The van der Waals surface area contributed by atoms with Gasteiger partial charge < -0.3 is 10.2 Å². The molecule has 1 atom stereocenters. The Labute approximate surface area is 111 Å². The van der Waals surface area contributed by atoms with Crippen molar-refractivity contribution in [3.8, 4) is 0 Å². The van der Waals surface area contributed by atoms with E-state index < -0.39 is 0 Å². The molecule has 1 aromatic rings. The number of hydrogen-bond acceptors (Lipinski definition) is 3. The van der Waals surface area contributed by atoms with Crippen LogP contribution in [0.1, 0.15) is 45.2 Å². The molecule has 2 heterocycles. The molecule has 0 bridgehead atoms. The second-order valence-corrected chi connectivity index (χ2v) is 5.18. The number of aromatic nitrogens is 1. The maximum absolute atomic E-state index is 4.43. The Balaban J connectivity index is 2.10. The van der Waals surface area contributed by atoms with Gasteiger partial charge in [-0.15, -0.1) is 0 Å². The Morgan fingerprint density at radius 3 is 3.11 bits per heavy atom. The lowest BCUT2D eigenvalue weighted by Crippen LogP contribution is -2.32. The number of anilines is 1. The predicted molar refractivity (Wildman–Crippen MR) is 76.9 cm³/mol. The average molecular weight is 247 g/mol. The fourth-order valence-corrected chi connectivity index (χ4v) is 2.65. The summed E-state index contributed by atoms with van der Waals surface area (Å²) in [4.78, 5) is 6.98. The van der Waals surface area contributed by atoms with Crippen LogP contribution < -0.4 is 10.2 Å². The number of hydrogen-bond donors (Lipinski definition) is 1. The molecule has 3 nitrogen and oxygen atoms in total. The molecule has 1 N–H and O–H groups in total. The summed E-state index contributed by atoms with van der Waals surface area (Å²) in [6.45, 7) is 7.51. The summed E-state index contributed by atoms with van der Waals surface area (Å²) in [7, 11) is 0. The molecule has 18 heavy (non-hydrogen) atoms. The molecule has 1 saturated heterocycles. The van der Waals surface area contributed by atoms with Gasteiger partial charge in [0.2, 0.25) is 0 Å². The Morgan fingerprint density at radius 2 is 2.28 bits per heavy atom. The van der Waals surface area contributed by atoms with E-state index in [1.807, 2.05) is 6.20 Å². The third kappa shape index (κ3) is 3.45. The average Bonchev–Trinajstić information content (AvgIpc) is 2.61. The lowest BCUT2D eigenvalue weighted by atomic mass is 10.1. The quantitative estimate of drug-likeness (QED) is 0.886. The van der Waals surface area contributed by atoms with Crippen molar-refractivity contribution < 1.29 is 0 Å². The molecule has 0 spiro atoms. The molecule has 1 aromatic heterocycles. The van der Waals surface area contributed by atoms with Crippen LogP contribution in [0.25, 0.3) is 0 Å². The molecule has 0 radical (unpaired) electrons. The van der Waals surface area contributed by atoms with Gasteiger partial charge in [0.05, 0.1) is 5.69 Å². The second-order valence-electron chi connectivity index (χ2n) is 5.18. The Hall–Kier alpha value is -1.09. The predicted octanol–water partition coefficient (Wildman–Crippen LogP) is 2.96. The first kappa shape index (κ1) is 13.3. The van der Waals surface area contributed by atoms with Crippen LogP contribution in [0, 0.1) is 0 Å². The fraction of sp³-hybridized carbons (Fsp3) is 0.667. The van der Waals surface area contributed by atoms with Crippen LogP contribution in [0.3, 0.4) is 0 Å². The summed E-state index contributed by atoms with van der Waals surface area (Å²) >= 11 is 0. The third-order valence-electron chi connectivity index (χ3n) is 3.74. The zero-order valence-electron chi connectivity index (χ0n) is 11.7. The third-order valence-corrected chi connectivity index (χ3v) is 3.74. The molecule has 0 saturated carbocycles. The van der Waals surface area contributed by atoms with Crippen molar-refractivity contribution in [3.05, 3.63) is 24.0 Å². The maximum atomic E-state index is 4.43. The van der Waals surface area contributed by atoms with E-state index in [1.54, 1.807) is 0 Å². The minimum absolute atomic E-state index is 0.655. The van der Waals surface area contributed by atoms with Crippen molar-refractivity contribution in [2.45, 2.75) is 52.1 Å². The molecule has 0 aliphatic carbocycles. The van der Waals surface area contributed by atoms with Crippen LogP contribution in [0.5, 0.6) is 0 Å². The van der Waals surface area contributed by atoms with E-state index in [2.05, 4.69) is 41.2 Å². The first-order valence-corrected chi connectivity index (χ1v) is 7.23. The monoisotopic (exact) mass is 247 g/mol. The zero-order chi connectivity index (χ0) is 12.8. The van der Waals surface area contributed by atoms with Gasteiger partial charge in [-0.1, -0.05) is 19.8 Å². The van der Waals surface area contributed by atoms with Crippen LogP contribution in [-0.4, -0.2) is 24.1 Å². The number of pyridine rings is 1. The van der Waals surface area contributed by atoms with Crippen LogP contribution in [0.15, 0.2) is 18.3 Å². The van der Waals surface area contributed by atoms with Crippen molar-refractivity contribution >= 4 is 5.69 Å². The minimum atomic E-state index is 0.655. The number of nitrogens with zero attached hydrogens (tertiary/aromatic N) is 2. The van der Waals surface area contributed by atoms with E-state index in [0.717, 1.165) is 18.8 Å².